The maximum atomic E-state index is 10.2. The summed E-state index contributed by atoms with van der Waals surface area (Å²) in [5, 5.41) is 0. The number of rotatable bonds is 3. The smallest absolute Gasteiger partial charge is 0.211 e. The zero-order chi connectivity index (χ0) is 11.9. The van der Waals surface area contributed by atoms with Crippen LogP contribution in [0.25, 0.3) is 5.57 Å². The molecule has 0 saturated heterocycles. The molecule has 0 N–H and O–H groups in total. The molecule has 2 nitrogen and oxygen atoms in total. The lowest BCUT2D eigenvalue weighted by molar-refractivity contribution is 0.565. The number of aliphatic imine (C=N–C) groups is 1. The highest BCUT2D eigenvalue weighted by Crippen LogP contribution is 2.22. The van der Waals surface area contributed by atoms with Crippen LogP contribution in [0.2, 0.25) is 0 Å². The fourth-order valence-corrected chi connectivity index (χ4v) is 1.64. The molecular formula is C15H11NO. The van der Waals surface area contributed by atoms with Gasteiger partial charge in [-0.05, 0) is 11.1 Å². The summed E-state index contributed by atoms with van der Waals surface area (Å²) >= 11 is 0. The fourth-order valence-electron chi connectivity index (χ4n) is 1.64. The summed E-state index contributed by atoms with van der Waals surface area (Å²) in [6, 6.07) is 19.7. The van der Waals surface area contributed by atoms with Crippen molar-refractivity contribution in [3.63, 3.8) is 0 Å². The number of benzene rings is 2. The first-order valence-corrected chi connectivity index (χ1v) is 5.30. The highest BCUT2D eigenvalue weighted by atomic mass is 16.1. The summed E-state index contributed by atoms with van der Waals surface area (Å²) in [5.74, 6) is 0. The largest absolute Gasteiger partial charge is 0.239 e. The zero-order valence-electron chi connectivity index (χ0n) is 9.21. The Bertz CT molecular complexity index is 510. The van der Waals surface area contributed by atoms with Crippen molar-refractivity contribution in [1.29, 1.82) is 0 Å². The monoisotopic (exact) mass is 221 g/mol. The van der Waals surface area contributed by atoms with Crippen LogP contribution in [0.5, 0.6) is 0 Å². The average molecular weight is 221 g/mol. The molecule has 0 heterocycles. The molecule has 0 spiro atoms. The van der Waals surface area contributed by atoms with Gasteiger partial charge < -0.3 is 0 Å². The summed E-state index contributed by atoms with van der Waals surface area (Å²) in [7, 11) is 0. The number of carbonyl (C=O) groups excluding carboxylic acids is 1. The van der Waals surface area contributed by atoms with Gasteiger partial charge in [0.1, 0.15) is 0 Å². The van der Waals surface area contributed by atoms with Crippen molar-refractivity contribution < 1.29 is 4.79 Å². The predicted molar refractivity (Wildman–Crippen MR) is 68.1 cm³/mol. The summed E-state index contributed by atoms with van der Waals surface area (Å²) in [4.78, 5) is 13.8. The van der Waals surface area contributed by atoms with E-state index in [1.165, 1.54) is 12.3 Å². The van der Waals surface area contributed by atoms with Crippen LogP contribution in [-0.4, -0.2) is 6.08 Å². The van der Waals surface area contributed by atoms with Gasteiger partial charge in [0, 0.05) is 11.8 Å². The van der Waals surface area contributed by atoms with Gasteiger partial charge in [-0.1, -0.05) is 60.7 Å². The number of nitrogens with zero attached hydrogens (tertiary/aromatic N) is 1. The predicted octanol–water partition coefficient (Wildman–Crippen LogP) is 3.41. The van der Waals surface area contributed by atoms with Crippen LogP contribution in [0, 0.1) is 0 Å². The van der Waals surface area contributed by atoms with Crippen molar-refractivity contribution >= 4 is 11.7 Å². The molecule has 82 valence electrons. The summed E-state index contributed by atoms with van der Waals surface area (Å²) in [5.41, 5.74) is 2.96. The van der Waals surface area contributed by atoms with E-state index in [1.807, 2.05) is 60.7 Å². The van der Waals surface area contributed by atoms with E-state index in [1.54, 1.807) is 0 Å². The molecule has 0 bridgehead atoms. The van der Waals surface area contributed by atoms with Crippen LogP contribution < -0.4 is 0 Å². The van der Waals surface area contributed by atoms with E-state index in [9.17, 15) is 4.79 Å². The lowest BCUT2D eigenvalue weighted by Crippen LogP contribution is -1.86. The van der Waals surface area contributed by atoms with Crippen LogP contribution in [0.3, 0.4) is 0 Å². The minimum atomic E-state index is 0.912. The lowest BCUT2D eigenvalue weighted by atomic mass is 9.99. The van der Waals surface area contributed by atoms with Gasteiger partial charge in [-0.2, -0.15) is 4.99 Å². The summed E-state index contributed by atoms with van der Waals surface area (Å²) in [6.45, 7) is 0. The minimum Gasteiger partial charge on any atom is -0.211 e. The van der Waals surface area contributed by atoms with Crippen molar-refractivity contribution in [2.24, 2.45) is 4.99 Å². The molecule has 2 rings (SSSR count). The highest BCUT2D eigenvalue weighted by molar-refractivity contribution is 5.79. The molecule has 0 radical (unpaired) electrons. The first kappa shape index (κ1) is 11.1. The molecule has 2 heteroatoms. The Morgan fingerprint density at radius 2 is 1.35 bits per heavy atom. The molecule has 2 aromatic rings. The lowest BCUT2D eigenvalue weighted by Gasteiger charge is -2.06. The van der Waals surface area contributed by atoms with Gasteiger partial charge in [0.05, 0.1) is 0 Å². The molecule has 0 unspecified atom stereocenters. The van der Waals surface area contributed by atoms with Gasteiger partial charge in [-0.15, -0.1) is 0 Å². The molecule has 0 aliphatic rings. The van der Waals surface area contributed by atoms with Crippen LogP contribution in [0.1, 0.15) is 11.1 Å². The molecule has 0 fully saturated rings. The number of isocyanates is 1. The second-order valence-electron chi connectivity index (χ2n) is 3.50. The van der Waals surface area contributed by atoms with E-state index in [4.69, 9.17) is 0 Å². The van der Waals surface area contributed by atoms with Gasteiger partial charge >= 0.3 is 0 Å². The maximum absolute atomic E-state index is 10.2. The van der Waals surface area contributed by atoms with Crippen molar-refractivity contribution in [2.45, 2.75) is 0 Å². The summed E-state index contributed by atoms with van der Waals surface area (Å²) < 4.78 is 0. The molecule has 0 aromatic heterocycles. The zero-order valence-corrected chi connectivity index (χ0v) is 9.21. The first-order chi connectivity index (χ1) is 8.42. The van der Waals surface area contributed by atoms with E-state index in [0.29, 0.717) is 0 Å². The topological polar surface area (TPSA) is 29.4 Å². The molecular weight excluding hydrogens is 210 g/mol. The fraction of sp³-hybridized carbons (Fsp3) is 0. The molecule has 0 aliphatic heterocycles. The molecule has 0 amide bonds. The van der Waals surface area contributed by atoms with Crippen LogP contribution in [0.15, 0.2) is 71.9 Å². The van der Waals surface area contributed by atoms with Crippen molar-refractivity contribution in [3.05, 3.63) is 78.0 Å². The number of hydrogen-bond donors (Lipinski definition) is 0. The SMILES string of the molecule is O=C=NC=C(c1ccccc1)c1ccccc1. The third kappa shape index (κ3) is 2.77. The average Bonchev–Trinajstić information content (AvgIpc) is 2.42. The molecule has 17 heavy (non-hydrogen) atoms. The van der Waals surface area contributed by atoms with Gasteiger partial charge in [-0.3, -0.25) is 0 Å². The van der Waals surface area contributed by atoms with Crippen molar-refractivity contribution in [1.82, 2.24) is 0 Å². The van der Waals surface area contributed by atoms with Gasteiger partial charge in [-0.25, -0.2) is 4.79 Å². The number of hydrogen-bond acceptors (Lipinski definition) is 2. The quantitative estimate of drug-likeness (QED) is 0.577. The van der Waals surface area contributed by atoms with Gasteiger partial charge in [0.25, 0.3) is 0 Å². The standard InChI is InChI=1S/C15H11NO/c17-12-16-11-15(13-7-3-1-4-8-13)14-9-5-2-6-10-14/h1-11H. The maximum Gasteiger partial charge on any atom is 0.239 e. The Hall–Kier alpha value is -2.44. The van der Waals surface area contributed by atoms with E-state index < -0.39 is 0 Å². The van der Waals surface area contributed by atoms with E-state index >= 15 is 0 Å². The van der Waals surface area contributed by atoms with E-state index in [0.717, 1.165) is 16.7 Å². The Kier molecular flexibility index (Phi) is 3.64. The Morgan fingerprint density at radius 3 is 1.76 bits per heavy atom. The Balaban J connectivity index is 2.51. The summed E-state index contributed by atoms with van der Waals surface area (Å²) in [6.07, 6.45) is 3.08. The van der Waals surface area contributed by atoms with Gasteiger partial charge in [0.2, 0.25) is 6.08 Å². The third-order valence-electron chi connectivity index (χ3n) is 2.42. The normalized spacial score (nSPS) is 9.18. The molecule has 0 atom stereocenters. The Labute approximate surface area is 100.0 Å². The second-order valence-corrected chi connectivity index (χ2v) is 3.50. The third-order valence-corrected chi connectivity index (χ3v) is 2.42. The molecule has 0 saturated carbocycles. The van der Waals surface area contributed by atoms with E-state index in [-0.39, 0.29) is 0 Å². The Morgan fingerprint density at radius 1 is 0.882 bits per heavy atom. The minimum absolute atomic E-state index is 0.912. The van der Waals surface area contributed by atoms with Crippen LogP contribution in [-0.2, 0) is 4.79 Å². The van der Waals surface area contributed by atoms with E-state index in [2.05, 4.69) is 4.99 Å². The van der Waals surface area contributed by atoms with Crippen molar-refractivity contribution in [2.75, 3.05) is 0 Å². The first-order valence-electron chi connectivity index (χ1n) is 5.30. The van der Waals surface area contributed by atoms with Crippen molar-refractivity contribution in [3.8, 4) is 0 Å². The molecule has 0 aliphatic carbocycles. The second kappa shape index (κ2) is 5.59. The van der Waals surface area contributed by atoms with Crippen LogP contribution in [0.4, 0.5) is 0 Å². The van der Waals surface area contributed by atoms with Crippen LogP contribution >= 0.6 is 0 Å². The van der Waals surface area contributed by atoms with Gasteiger partial charge in [0.15, 0.2) is 0 Å². The molecule has 2 aromatic carbocycles. The highest BCUT2D eigenvalue weighted by Gasteiger charge is 2.03.